The number of hydrogen-bond acceptors (Lipinski definition) is 3. The van der Waals surface area contributed by atoms with Gasteiger partial charge in [0.05, 0.1) is 11.0 Å². The first-order valence-electron chi connectivity index (χ1n) is 16.5. The van der Waals surface area contributed by atoms with Crippen molar-refractivity contribution >= 4 is 17.8 Å². The fourth-order valence-corrected chi connectivity index (χ4v) is 11.1. The molecule has 2 amide bonds. The number of rotatable bonds is 12. The van der Waals surface area contributed by atoms with Crippen molar-refractivity contribution in [2.45, 2.75) is 121 Å². The molecule has 0 radical (unpaired) electrons. The fourth-order valence-electron chi connectivity index (χ4n) is 11.1. The summed E-state index contributed by atoms with van der Waals surface area (Å²) in [7, 11) is 0. The Labute approximate surface area is 244 Å². The minimum atomic E-state index is -1.37. The zero-order valence-electron chi connectivity index (χ0n) is 24.9. The number of carbonyl (C=O) groups is 3. The monoisotopic (exact) mass is 558 g/mol. The summed E-state index contributed by atoms with van der Waals surface area (Å²) in [5, 5.41) is 13.3. The molecule has 1 unspecified atom stereocenters. The lowest BCUT2D eigenvalue weighted by Gasteiger charge is -2.42. The van der Waals surface area contributed by atoms with Crippen molar-refractivity contribution in [1.82, 2.24) is 10.2 Å². The number of fused-ring (bicyclic) bond motifs is 1. The van der Waals surface area contributed by atoms with E-state index in [1.54, 1.807) is 6.92 Å². The Hall–Kier alpha value is -2.37. The second-order valence-corrected chi connectivity index (χ2v) is 15.8. The van der Waals surface area contributed by atoms with Crippen LogP contribution in [0.4, 0.5) is 0 Å². The number of amides is 2. The van der Waals surface area contributed by atoms with Crippen LogP contribution in [0.25, 0.3) is 0 Å². The van der Waals surface area contributed by atoms with Crippen molar-refractivity contribution in [2.75, 3.05) is 6.54 Å². The molecule has 1 aromatic rings. The summed E-state index contributed by atoms with van der Waals surface area (Å²) in [6, 6.07) is 9.57. The molecule has 7 fully saturated rings. The van der Waals surface area contributed by atoms with Crippen molar-refractivity contribution in [2.24, 2.45) is 33.0 Å². The van der Waals surface area contributed by atoms with Crippen LogP contribution < -0.4 is 5.32 Å². The second kappa shape index (κ2) is 7.96. The summed E-state index contributed by atoms with van der Waals surface area (Å²) in [6.45, 7) is 4.85. The molecular weight excluding hydrogens is 512 g/mol. The lowest BCUT2D eigenvalue weighted by Crippen LogP contribution is -2.59. The van der Waals surface area contributed by atoms with Crippen LogP contribution >= 0.6 is 0 Å². The molecule has 2 N–H and O–H groups in total. The van der Waals surface area contributed by atoms with Crippen LogP contribution in [0.3, 0.4) is 0 Å². The molecule has 0 spiro atoms. The molecule has 1 aromatic carbocycles. The Bertz CT molecular complexity index is 1320. The molecule has 0 bridgehead atoms. The molecule has 6 heteroatoms. The van der Waals surface area contributed by atoms with Crippen LogP contribution in [0.2, 0.25) is 0 Å². The molecule has 3 atom stereocenters. The lowest BCUT2D eigenvalue weighted by molar-refractivity contribution is -0.149. The van der Waals surface area contributed by atoms with E-state index < -0.39 is 16.9 Å². The van der Waals surface area contributed by atoms with E-state index in [1.807, 2.05) is 30.3 Å². The number of carbonyl (C=O) groups excluding carboxylic acids is 2. The molecular formula is C35H46N2O4. The van der Waals surface area contributed by atoms with E-state index >= 15 is 0 Å². The van der Waals surface area contributed by atoms with E-state index in [0.717, 1.165) is 50.6 Å². The largest absolute Gasteiger partial charge is 0.480 e. The number of likely N-dealkylation sites (tertiary alicyclic amines) is 1. The van der Waals surface area contributed by atoms with E-state index in [1.165, 1.54) is 44.9 Å². The second-order valence-electron chi connectivity index (χ2n) is 15.8. The molecule has 0 aromatic heterocycles. The van der Waals surface area contributed by atoms with Crippen molar-refractivity contribution < 1.29 is 19.5 Å². The van der Waals surface area contributed by atoms with Crippen molar-refractivity contribution in [1.29, 1.82) is 0 Å². The summed E-state index contributed by atoms with van der Waals surface area (Å²) >= 11 is 0. The smallest absolute Gasteiger partial charge is 0.329 e. The normalized spacial score (nSPS) is 34.0. The number of benzene rings is 1. The van der Waals surface area contributed by atoms with E-state index in [4.69, 9.17) is 0 Å². The summed E-state index contributed by atoms with van der Waals surface area (Å²) in [4.78, 5) is 43.3. The van der Waals surface area contributed by atoms with Gasteiger partial charge in [-0.1, -0.05) is 37.3 Å². The Kier molecular flexibility index (Phi) is 5.10. The van der Waals surface area contributed by atoms with Gasteiger partial charge in [-0.3, -0.25) is 9.59 Å². The molecule has 1 saturated heterocycles. The van der Waals surface area contributed by atoms with Crippen LogP contribution in [-0.4, -0.2) is 45.4 Å². The average molecular weight is 559 g/mol. The Morgan fingerprint density at radius 1 is 0.927 bits per heavy atom. The van der Waals surface area contributed by atoms with Crippen LogP contribution in [0, 0.1) is 33.0 Å². The van der Waals surface area contributed by atoms with Gasteiger partial charge in [0.1, 0.15) is 5.54 Å². The number of carboxylic acids is 1. The number of hydrogen-bond donors (Lipinski definition) is 2. The van der Waals surface area contributed by atoms with Crippen LogP contribution in [-0.2, 0) is 20.8 Å². The molecule has 6 aliphatic carbocycles. The molecule has 220 valence electrons. The third-order valence-corrected chi connectivity index (χ3v) is 14.2. The number of nitrogens with zero attached hydrogens (tertiary/aromatic N) is 1. The zero-order chi connectivity index (χ0) is 28.5. The van der Waals surface area contributed by atoms with Crippen LogP contribution in [0.1, 0.15) is 109 Å². The van der Waals surface area contributed by atoms with Gasteiger partial charge in [-0.15, -0.1) is 0 Å². The first-order valence-corrected chi connectivity index (χ1v) is 16.5. The van der Waals surface area contributed by atoms with E-state index in [9.17, 15) is 19.5 Å². The predicted octanol–water partition coefficient (Wildman–Crippen LogP) is 5.88. The number of aliphatic carboxylic acids is 1. The number of carboxylic acid groups (broad SMARTS) is 1. The highest BCUT2D eigenvalue weighted by atomic mass is 16.4. The molecule has 6 saturated carbocycles. The van der Waals surface area contributed by atoms with Gasteiger partial charge in [0.25, 0.3) is 0 Å². The first-order chi connectivity index (χ1) is 19.6. The highest BCUT2D eigenvalue weighted by Gasteiger charge is 2.86. The molecule has 8 rings (SSSR count). The quantitative estimate of drug-likeness (QED) is 0.335. The number of piperidine rings is 1. The van der Waals surface area contributed by atoms with E-state index in [2.05, 4.69) is 17.1 Å². The zero-order valence-corrected chi connectivity index (χ0v) is 24.9. The predicted molar refractivity (Wildman–Crippen MR) is 155 cm³/mol. The van der Waals surface area contributed by atoms with Crippen molar-refractivity contribution in [3.63, 3.8) is 0 Å². The highest BCUT2D eigenvalue weighted by Crippen LogP contribution is 2.86. The molecule has 7 aliphatic rings. The molecule has 41 heavy (non-hydrogen) atoms. The first kappa shape index (κ1) is 26.3. The molecule has 6 nitrogen and oxygen atoms in total. The topological polar surface area (TPSA) is 86.7 Å². The van der Waals surface area contributed by atoms with Gasteiger partial charge in [-0.2, -0.15) is 0 Å². The SMILES string of the molecule is CCC1(C2(C3(CC(=O)N4CC[C@H]5CC54C4(C5(C(=O)N[C@@](C)(Cc6ccccc6)C(=O)O)CC5)CC4)CC3)CC2)CC1. The number of nitrogens with one attached hydrogen (secondary N) is 1. The van der Waals surface area contributed by atoms with Gasteiger partial charge in [-0.05, 0) is 118 Å². The van der Waals surface area contributed by atoms with Gasteiger partial charge in [0.15, 0.2) is 0 Å². The van der Waals surface area contributed by atoms with Crippen LogP contribution in [0.5, 0.6) is 0 Å². The summed E-state index contributed by atoms with van der Waals surface area (Å²) in [5.41, 5.74) is -0.187. The van der Waals surface area contributed by atoms with Gasteiger partial charge in [0, 0.05) is 24.8 Å². The highest BCUT2D eigenvalue weighted by molar-refractivity contribution is 5.93. The summed E-state index contributed by atoms with van der Waals surface area (Å²) in [5.74, 6) is -0.225. The van der Waals surface area contributed by atoms with Crippen molar-refractivity contribution in [3.8, 4) is 0 Å². The summed E-state index contributed by atoms with van der Waals surface area (Å²) in [6.07, 6.45) is 15.7. The third-order valence-electron chi connectivity index (χ3n) is 14.2. The maximum Gasteiger partial charge on any atom is 0.329 e. The average Bonchev–Trinajstić information content (AvgIpc) is 3.77. The fraction of sp³-hybridized carbons (Fsp3) is 0.743. The minimum Gasteiger partial charge on any atom is -0.480 e. The Balaban J connectivity index is 1.03. The van der Waals surface area contributed by atoms with Crippen molar-refractivity contribution in [3.05, 3.63) is 35.9 Å². The Morgan fingerprint density at radius 2 is 1.56 bits per heavy atom. The van der Waals surface area contributed by atoms with Gasteiger partial charge < -0.3 is 15.3 Å². The minimum absolute atomic E-state index is 0.0932. The lowest BCUT2D eigenvalue weighted by atomic mass is 9.69. The summed E-state index contributed by atoms with van der Waals surface area (Å²) < 4.78 is 0. The third kappa shape index (κ3) is 3.28. The van der Waals surface area contributed by atoms with Crippen LogP contribution in [0.15, 0.2) is 30.3 Å². The maximum atomic E-state index is 14.3. The molecule has 1 aliphatic heterocycles. The van der Waals surface area contributed by atoms with E-state index in [-0.39, 0.29) is 28.7 Å². The van der Waals surface area contributed by atoms with Gasteiger partial charge >= 0.3 is 5.97 Å². The standard InChI is InChI=1S/C35H46N2O4/c1-3-30(10-11-30)33(16-17-33)31(12-13-31)23-26(38)37-20-9-25-22-35(25,37)34(18-19-34)32(14-15-32)27(39)36-29(2,28(40)41)21-24-7-5-4-6-8-24/h4-8,25H,3,9-23H2,1-2H3,(H,36,39)(H,40,41)/t25-,29-,35?/m0/s1. The van der Waals surface area contributed by atoms with Gasteiger partial charge in [0.2, 0.25) is 11.8 Å². The van der Waals surface area contributed by atoms with Gasteiger partial charge in [-0.25, -0.2) is 4.79 Å². The maximum absolute atomic E-state index is 14.3. The Morgan fingerprint density at radius 3 is 2.05 bits per heavy atom. The molecule has 1 heterocycles. The van der Waals surface area contributed by atoms with E-state index in [0.29, 0.717) is 29.1 Å².